The van der Waals surface area contributed by atoms with Crippen LogP contribution in [0.2, 0.25) is 0 Å². The van der Waals surface area contributed by atoms with Crippen molar-refractivity contribution >= 4 is 46.1 Å². The molecule has 186 valence electrons. The molecule has 9 nitrogen and oxygen atoms in total. The van der Waals surface area contributed by atoms with E-state index in [1.807, 2.05) is 0 Å². The molecule has 37 heavy (non-hydrogen) atoms. The number of aromatic nitrogens is 2. The molecule has 0 atom stereocenters. The number of carbonyl (C=O) groups is 3. The van der Waals surface area contributed by atoms with Crippen LogP contribution in [0.15, 0.2) is 66.2 Å². The second-order valence-electron chi connectivity index (χ2n) is 8.12. The van der Waals surface area contributed by atoms with E-state index in [2.05, 4.69) is 8.75 Å². The second-order valence-corrected chi connectivity index (χ2v) is 8.65. The van der Waals surface area contributed by atoms with E-state index in [0.29, 0.717) is 39.2 Å². The normalized spacial score (nSPS) is 12.8. The predicted octanol–water partition coefficient (Wildman–Crippen LogP) is 4.56. The third-order valence-electron chi connectivity index (χ3n) is 5.81. The molecule has 2 heterocycles. The Morgan fingerprint density at radius 1 is 0.892 bits per heavy atom. The van der Waals surface area contributed by atoms with Crippen LogP contribution < -0.4 is 9.47 Å². The monoisotopic (exact) mass is 516 g/mol. The summed E-state index contributed by atoms with van der Waals surface area (Å²) in [5, 5.41) is 10.3. The van der Waals surface area contributed by atoms with Crippen LogP contribution in [-0.4, -0.2) is 45.0 Å². The molecule has 1 aromatic heterocycles. The number of aliphatic carboxylic acids is 1. The third kappa shape index (κ3) is 4.91. The third-order valence-corrected chi connectivity index (χ3v) is 6.37. The van der Waals surface area contributed by atoms with Crippen molar-refractivity contribution in [2.45, 2.75) is 13.3 Å². The standard InChI is InChI=1S/C27H20N2O7S/c1-2-34-27(33)16-5-3-15(4-6-16)11-19(25(30)18-8-10-22-23(13-18)36-14-35-22)24(26(31)32)17-7-9-20-21(12-17)29-37-28-20/h3-10,12-13H,2,11,14H2,1H3,(H,31,32)/b24-19+. The number of allylic oxidation sites excluding steroid dienone is 1. The summed E-state index contributed by atoms with van der Waals surface area (Å²) in [5.41, 5.74) is 2.69. The minimum atomic E-state index is -1.25. The summed E-state index contributed by atoms with van der Waals surface area (Å²) in [7, 11) is 0. The highest BCUT2D eigenvalue weighted by Crippen LogP contribution is 2.34. The number of carbonyl (C=O) groups excluding carboxylic acids is 2. The van der Waals surface area contributed by atoms with Gasteiger partial charge < -0.3 is 19.3 Å². The van der Waals surface area contributed by atoms with Crippen molar-refractivity contribution in [2.75, 3.05) is 13.4 Å². The molecular weight excluding hydrogens is 496 g/mol. The van der Waals surface area contributed by atoms with Gasteiger partial charge >= 0.3 is 11.9 Å². The number of Topliss-reactive ketones (excluding diaryl/α,β-unsaturated/α-hetero) is 1. The number of benzene rings is 3. The maximum absolute atomic E-state index is 13.8. The summed E-state index contributed by atoms with van der Waals surface area (Å²) in [6, 6.07) is 16.2. The highest BCUT2D eigenvalue weighted by Gasteiger charge is 2.26. The van der Waals surface area contributed by atoms with Gasteiger partial charge in [0.15, 0.2) is 17.3 Å². The molecule has 0 fully saturated rings. The zero-order valence-electron chi connectivity index (χ0n) is 19.6. The number of ether oxygens (including phenoxy) is 3. The molecular formula is C27H20N2O7S. The number of carboxylic acids is 1. The average molecular weight is 517 g/mol. The first-order valence-electron chi connectivity index (χ1n) is 11.3. The first kappa shape index (κ1) is 24.1. The smallest absolute Gasteiger partial charge is 0.338 e. The lowest BCUT2D eigenvalue weighted by Gasteiger charge is -2.14. The quantitative estimate of drug-likeness (QED) is 0.204. The zero-order valence-corrected chi connectivity index (χ0v) is 20.4. The van der Waals surface area contributed by atoms with Crippen LogP contribution in [-0.2, 0) is 16.0 Å². The zero-order chi connectivity index (χ0) is 25.9. The maximum atomic E-state index is 13.8. The van der Waals surface area contributed by atoms with Crippen LogP contribution in [0, 0.1) is 0 Å². The summed E-state index contributed by atoms with van der Waals surface area (Å²) >= 11 is 1.02. The predicted molar refractivity (Wildman–Crippen MR) is 135 cm³/mol. The van der Waals surface area contributed by atoms with Gasteiger partial charge in [0, 0.05) is 17.6 Å². The maximum Gasteiger partial charge on any atom is 0.338 e. The fourth-order valence-corrected chi connectivity index (χ4v) is 4.55. The first-order chi connectivity index (χ1) is 17.9. The van der Waals surface area contributed by atoms with Gasteiger partial charge in [-0.1, -0.05) is 18.2 Å². The fraction of sp³-hybridized carbons (Fsp3) is 0.148. The van der Waals surface area contributed by atoms with E-state index < -0.39 is 17.7 Å². The summed E-state index contributed by atoms with van der Waals surface area (Å²) in [6.07, 6.45) is 0.00532. The Balaban J connectivity index is 1.61. The van der Waals surface area contributed by atoms with Crippen molar-refractivity contribution < 1.29 is 33.7 Å². The number of hydrogen-bond acceptors (Lipinski definition) is 9. The van der Waals surface area contributed by atoms with Crippen LogP contribution in [0.5, 0.6) is 11.5 Å². The largest absolute Gasteiger partial charge is 0.478 e. The van der Waals surface area contributed by atoms with E-state index in [-0.39, 0.29) is 36.5 Å². The number of fused-ring (bicyclic) bond motifs is 2. The number of hydrogen-bond donors (Lipinski definition) is 1. The Kier molecular flexibility index (Phi) is 6.65. The number of rotatable bonds is 8. The fourth-order valence-electron chi connectivity index (χ4n) is 4.04. The molecule has 0 amide bonds. The minimum absolute atomic E-state index is 0.00532. The Bertz CT molecular complexity index is 1560. The van der Waals surface area contributed by atoms with Gasteiger partial charge in [-0.25, -0.2) is 9.59 Å². The lowest BCUT2D eigenvalue weighted by atomic mass is 9.89. The van der Waals surface area contributed by atoms with Crippen molar-refractivity contribution in [1.29, 1.82) is 0 Å². The number of nitrogens with zero attached hydrogens (tertiary/aromatic N) is 2. The minimum Gasteiger partial charge on any atom is -0.478 e. The lowest BCUT2D eigenvalue weighted by molar-refractivity contribution is -0.130. The van der Waals surface area contributed by atoms with E-state index >= 15 is 0 Å². The van der Waals surface area contributed by atoms with E-state index in [1.54, 1.807) is 67.6 Å². The molecule has 10 heteroatoms. The highest BCUT2D eigenvalue weighted by atomic mass is 32.1. The first-order valence-corrected chi connectivity index (χ1v) is 12.1. The molecule has 0 saturated heterocycles. The molecule has 1 aliphatic heterocycles. The molecule has 1 aliphatic rings. The van der Waals surface area contributed by atoms with Crippen LogP contribution in [0.3, 0.4) is 0 Å². The van der Waals surface area contributed by atoms with Crippen molar-refractivity contribution in [2.24, 2.45) is 0 Å². The van der Waals surface area contributed by atoms with Gasteiger partial charge in [0.2, 0.25) is 6.79 Å². The van der Waals surface area contributed by atoms with Gasteiger partial charge in [0.25, 0.3) is 0 Å². The lowest BCUT2D eigenvalue weighted by Crippen LogP contribution is -2.14. The SMILES string of the molecule is CCOC(=O)c1ccc(C/C(C(=O)c2ccc3c(c2)OCO3)=C(\C(=O)O)c2ccc3nsnc3c2)cc1. The number of carboxylic acid groups (broad SMARTS) is 1. The molecule has 0 bridgehead atoms. The topological polar surface area (TPSA) is 125 Å². The summed E-state index contributed by atoms with van der Waals surface area (Å²) in [5.74, 6) is -1.26. The molecule has 0 radical (unpaired) electrons. The summed E-state index contributed by atoms with van der Waals surface area (Å²) in [6.45, 7) is 2.01. The summed E-state index contributed by atoms with van der Waals surface area (Å²) < 4.78 is 24.1. The molecule has 4 aromatic rings. The summed E-state index contributed by atoms with van der Waals surface area (Å²) in [4.78, 5) is 38.5. The van der Waals surface area contributed by atoms with Crippen molar-refractivity contribution in [3.8, 4) is 11.5 Å². The van der Waals surface area contributed by atoms with E-state index in [9.17, 15) is 19.5 Å². The van der Waals surface area contributed by atoms with Gasteiger partial charge in [-0.15, -0.1) is 0 Å². The van der Waals surface area contributed by atoms with E-state index in [1.165, 1.54) is 0 Å². The Labute approximate surface area is 215 Å². The van der Waals surface area contributed by atoms with Gasteiger partial charge in [-0.2, -0.15) is 8.75 Å². The van der Waals surface area contributed by atoms with Crippen LogP contribution in [0.1, 0.15) is 38.8 Å². The molecule has 5 rings (SSSR count). The van der Waals surface area contributed by atoms with Crippen molar-refractivity contribution in [3.05, 3.63) is 88.5 Å². The Morgan fingerprint density at radius 3 is 2.35 bits per heavy atom. The van der Waals surface area contributed by atoms with Gasteiger partial charge in [-0.05, 0) is 60.5 Å². The molecule has 0 spiro atoms. The van der Waals surface area contributed by atoms with Crippen LogP contribution >= 0.6 is 11.7 Å². The molecule has 3 aromatic carbocycles. The number of ketones is 1. The highest BCUT2D eigenvalue weighted by molar-refractivity contribution is 7.00. The van der Waals surface area contributed by atoms with E-state index in [0.717, 1.165) is 11.7 Å². The van der Waals surface area contributed by atoms with Gasteiger partial charge in [0.05, 0.1) is 29.5 Å². The van der Waals surface area contributed by atoms with Crippen LogP contribution in [0.25, 0.3) is 16.6 Å². The molecule has 1 N–H and O–H groups in total. The van der Waals surface area contributed by atoms with E-state index in [4.69, 9.17) is 14.2 Å². The van der Waals surface area contributed by atoms with Crippen LogP contribution in [0.4, 0.5) is 0 Å². The number of esters is 1. The molecule has 0 saturated carbocycles. The van der Waals surface area contributed by atoms with Gasteiger partial charge in [-0.3, -0.25) is 4.79 Å². The second kappa shape index (κ2) is 10.2. The van der Waals surface area contributed by atoms with Crippen molar-refractivity contribution in [3.63, 3.8) is 0 Å². The molecule has 0 aliphatic carbocycles. The van der Waals surface area contributed by atoms with Crippen molar-refractivity contribution in [1.82, 2.24) is 8.75 Å². The average Bonchev–Trinajstić information content (AvgIpc) is 3.57. The molecule has 0 unspecified atom stereocenters. The van der Waals surface area contributed by atoms with Gasteiger partial charge in [0.1, 0.15) is 11.0 Å². The Hall–Kier alpha value is -4.57. The Morgan fingerprint density at radius 2 is 1.59 bits per heavy atom.